The molecule has 2 aromatic heterocycles. The van der Waals surface area contributed by atoms with Crippen molar-refractivity contribution >= 4 is 28.7 Å². The molecule has 0 bridgehead atoms. The summed E-state index contributed by atoms with van der Waals surface area (Å²) in [5.74, 6) is 1.27. The largest absolute Gasteiger partial charge is 0.378 e. The second-order valence-corrected chi connectivity index (χ2v) is 10.8. The molecule has 0 radical (unpaired) electrons. The van der Waals surface area contributed by atoms with E-state index in [1.54, 1.807) is 30.3 Å². The van der Waals surface area contributed by atoms with Gasteiger partial charge in [-0.3, -0.25) is 9.36 Å². The number of hydrogen-bond acceptors (Lipinski definition) is 8. The van der Waals surface area contributed by atoms with Gasteiger partial charge in [0.2, 0.25) is 11.9 Å². The number of alkyl halides is 2. The van der Waals surface area contributed by atoms with Crippen LogP contribution in [0.25, 0.3) is 16.9 Å². The SMILES string of the molecule is O=C(N[C@H]1CC[C@H](Nc2nc(N3CCOCC3)cc(-n3c(C(F)F)nc4ccccc43)n2)CC1)[C@@H]1CCCNC1. The number of rotatable bonds is 7. The zero-order valence-electron chi connectivity index (χ0n) is 22.5. The van der Waals surface area contributed by atoms with Crippen molar-refractivity contribution < 1.29 is 18.3 Å². The smallest absolute Gasteiger partial charge is 0.296 e. The molecule has 1 aromatic carbocycles. The minimum absolute atomic E-state index is 0.0525. The maximum atomic E-state index is 14.1. The molecule has 2 aliphatic heterocycles. The van der Waals surface area contributed by atoms with E-state index >= 15 is 0 Å². The van der Waals surface area contributed by atoms with E-state index in [4.69, 9.17) is 14.7 Å². The molecule has 1 amide bonds. The molecule has 214 valence electrons. The number of ether oxygens (including phenoxy) is 1. The predicted molar refractivity (Wildman–Crippen MR) is 148 cm³/mol. The van der Waals surface area contributed by atoms with Crippen LogP contribution >= 0.6 is 0 Å². The average Bonchev–Trinajstić information content (AvgIpc) is 3.39. The second-order valence-electron chi connectivity index (χ2n) is 10.8. The van der Waals surface area contributed by atoms with Gasteiger partial charge in [-0.15, -0.1) is 0 Å². The topological polar surface area (TPSA) is 109 Å². The van der Waals surface area contributed by atoms with Crippen molar-refractivity contribution in [1.29, 1.82) is 0 Å². The normalized spacial score (nSPS) is 23.9. The van der Waals surface area contributed by atoms with Gasteiger partial charge < -0.3 is 25.6 Å². The first-order valence-corrected chi connectivity index (χ1v) is 14.3. The lowest BCUT2D eigenvalue weighted by atomic mass is 9.90. The fourth-order valence-electron chi connectivity index (χ4n) is 5.95. The summed E-state index contributed by atoms with van der Waals surface area (Å²) in [6.07, 6.45) is 2.64. The highest BCUT2D eigenvalue weighted by molar-refractivity contribution is 5.79. The Balaban J connectivity index is 1.22. The maximum Gasteiger partial charge on any atom is 0.296 e. The van der Waals surface area contributed by atoms with Crippen molar-refractivity contribution in [2.24, 2.45) is 5.92 Å². The van der Waals surface area contributed by atoms with Crippen LogP contribution in [0.3, 0.4) is 0 Å². The minimum Gasteiger partial charge on any atom is -0.378 e. The molecule has 2 saturated heterocycles. The van der Waals surface area contributed by atoms with Gasteiger partial charge in [0.1, 0.15) is 11.6 Å². The van der Waals surface area contributed by atoms with E-state index in [2.05, 4.69) is 25.8 Å². The van der Waals surface area contributed by atoms with Crippen molar-refractivity contribution in [2.45, 2.75) is 57.0 Å². The van der Waals surface area contributed by atoms with Gasteiger partial charge in [0.15, 0.2) is 5.82 Å². The van der Waals surface area contributed by atoms with Gasteiger partial charge in [-0.25, -0.2) is 13.8 Å². The van der Waals surface area contributed by atoms with Crippen molar-refractivity contribution in [3.05, 3.63) is 36.2 Å². The van der Waals surface area contributed by atoms with Crippen LogP contribution < -0.4 is 20.9 Å². The summed E-state index contributed by atoms with van der Waals surface area (Å²) in [5, 5.41) is 10.0. The Labute approximate surface area is 231 Å². The summed E-state index contributed by atoms with van der Waals surface area (Å²) in [7, 11) is 0. The number of carbonyl (C=O) groups excluding carboxylic acids is 1. The van der Waals surface area contributed by atoms with E-state index < -0.39 is 6.43 Å². The van der Waals surface area contributed by atoms with Crippen molar-refractivity contribution in [3.8, 4) is 5.82 Å². The number of anilines is 2. The molecule has 1 saturated carbocycles. The number of hydrogen-bond donors (Lipinski definition) is 3. The van der Waals surface area contributed by atoms with E-state index in [0.29, 0.717) is 54.9 Å². The third-order valence-corrected chi connectivity index (χ3v) is 8.12. The summed E-state index contributed by atoms with van der Waals surface area (Å²) >= 11 is 0. The number of benzene rings is 1. The fourth-order valence-corrected chi connectivity index (χ4v) is 5.95. The van der Waals surface area contributed by atoms with E-state index in [-0.39, 0.29) is 29.7 Å². The first kappa shape index (κ1) is 26.8. The molecule has 3 aliphatic rings. The van der Waals surface area contributed by atoms with Gasteiger partial charge in [0.05, 0.1) is 30.2 Å². The highest BCUT2D eigenvalue weighted by Gasteiger charge is 2.28. The van der Waals surface area contributed by atoms with Crippen molar-refractivity contribution in [1.82, 2.24) is 30.2 Å². The minimum atomic E-state index is -2.76. The lowest BCUT2D eigenvalue weighted by Crippen LogP contribution is -2.46. The molecule has 40 heavy (non-hydrogen) atoms. The van der Waals surface area contributed by atoms with Gasteiger partial charge in [-0.1, -0.05) is 12.1 Å². The second kappa shape index (κ2) is 12.0. The summed E-state index contributed by atoms with van der Waals surface area (Å²) < 4.78 is 35.2. The van der Waals surface area contributed by atoms with Gasteiger partial charge in [0.25, 0.3) is 6.43 Å². The van der Waals surface area contributed by atoms with Crippen LogP contribution in [0.1, 0.15) is 50.8 Å². The number of imidazole rings is 1. The molecule has 12 heteroatoms. The van der Waals surface area contributed by atoms with E-state index in [1.807, 2.05) is 0 Å². The molecule has 3 aromatic rings. The average molecular weight is 555 g/mol. The zero-order chi connectivity index (χ0) is 27.5. The zero-order valence-corrected chi connectivity index (χ0v) is 22.5. The van der Waals surface area contributed by atoms with Gasteiger partial charge in [-0.05, 0) is 57.2 Å². The molecule has 1 atom stereocenters. The standard InChI is InChI=1S/C28H36F2N8O2/c29-25(30)26-34-21-5-1-2-6-22(21)38(26)24-16-23(37-12-14-40-15-13-37)35-28(36-24)33-20-9-7-19(8-10-20)32-27(39)18-4-3-11-31-17-18/h1-2,5-6,16,18-20,25,31H,3-4,7-15,17H2,(H,32,39)(H,33,35,36)/t18-,19-,20-/m1/s1. The number of nitrogens with one attached hydrogen (secondary N) is 3. The number of aromatic nitrogens is 4. The van der Waals surface area contributed by atoms with E-state index in [0.717, 1.165) is 51.6 Å². The molecule has 10 nitrogen and oxygen atoms in total. The highest BCUT2D eigenvalue weighted by Crippen LogP contribution is 2.30. The Hall–Kier alpha value is -3.38. The quantitative estimate of drug-likeness (QED) is 0.408. The highest BCUT2D eigenvalue weighted by atomic mass is 19.3. The summed E-state index contributed by atoms with van der Waals surface area (Å²) in [6.45, 7) is 4.20. The Morgan fingerprint density at radius 1 is 1.00 bits per heavy atom. The fraction of sp³-hybridized carbons (Fsp3) is 0.571. The number of carbonyl (C=O) groups is 1. The molecule has 0 spiro atoms. The predicted octanol–water partition coefficient (Wildman–Crippen LogP) is 3.43. The Morgan fingerprint density at radius 2 is 1.75 bits per heavy atom. The lowest BCUT2D eigenvalue weighted by Gasteiger charge is -2.32. The summed E-state index contributed by atoms with van der Waals surface area (Å²) in [4.78, 5) is 28.5. The Kier molecular flexibility index (Phi) is 8.05. The number of halogens is 2. The Morgan fingerprint density at radius 3 is 2.50 bits per heavy atom. The van der Waals surface area contributed by atoms with Crippen LogP contribution in [0.4, 0.5) is 20.5 Å². The van der Waals surface area contributed by atoms with Crippen LogP contribution in [0.15, 0.2) is 30.3 Å². The molecule has 3 N–H and O–H groups in total. The van der Waals surface area contributed by atoms with Crippen molar-refractivity contribution in [3.63, 3.8) is 0 Å². The number of para-hydroxylation sites is 2. The molecule has 4 heterocycles. The first-order valence-electron chi connectivity index (χ1n) is 14.3. The van der Waals surface area contributed by atoms with Gasteiger partial charge in [0, 0.05) is 37.8 Å². The molecule has 1 aliphatic carbocycles. The molecular weight excluding hydrogens is 518 g/mol. The van der Waals surface area contributed by atoms with Crippen molar-refractivity contribution in [2.75, 3.05) is 49.6 Å². The number of piperidine rings is 1. The van der Waals surface area contributed by atoms with E-state index in [1.165, 1.54) is 4.57 Å². The van der Waals surface area contributed by atoms with Gasteiger partial charge >= 0.3 is 0 Å². The molecule has 0 unspecified atom stereocenters. The third kappa shape index (κ3) is 5.87. The maximum absolute atomic E-state index is 14.1. The lowest BCUT2D eigenvalue weighted by molar-refractivity contribution is -0.126. The van der Waals surface area contributed by atoms with Crippen LogP contribution in [0.2, 0.25) is 0 Å². The molecular formula is C28H36F2N8O2. The number of fused-ring (bicyclic) bond motifs is 1. The van der Waals surface area contributed by atoms with Gasteiger partial charge in [-0.2, -0.15) is 9.97 Å². The number of nitrogens with zero attached hydrogens (tertiary/aromatic N) is 5. The Bertz CT molecular complexity index is 1310. The number of amides is 1. The molecule has 3 fully saturated rings. The number of morpholine rings is 1. The summed E-state index contributed by atoms with van der Waals surface area (Å²) in [6, 6.07) is 9.12. The van der Waals surface area contributed by atoms with Crippen LogP contribution in [-0.2, 0) is 9.53 Å². The van der Waals surface area contributed by atoms with Crippen LogP contribution in [-0.4, -0.2) is 76.9 Å². The molecule has 6 rings (SSSR count). The van der Waals surface area contributed by atoms with Crippen LogP contribution in [0, 0.1) is 5.92 Å². The van der Waals surface area contributed by atoms with E-state index in [9.17, 15) is 13.6 Å². The summed E-state index contributed by atoms with van der Waals surface area (Å²) in [5.41, 5.74) is 1.06. The van der Waals surface area contributed by atoms with Crippen LogP contribution in [0.5, 0.6) is 0 Å². The monoisotopic (exact) mass is 554 g/mol. The third-order valence-electron chi connectivity index (χ3n) is 8.12. The first-order chi connectivity index (χ1) is 19.5.